The smallest absolute Gasteiger partial charge is 0.193 e. The van der Waals surface area contributed by atoms with E-state index in [2.05, 4.69) is 49.6 Å². The van der Waals surface area contributed by atoms with Crippen molar-refractivity contribution < 1.29 is 0 Å². The van der Waals surface area contributed by atoms with Gasteiger partial charge in [0.15, 0.2) is 5.96 Å². The number of aromatic nitrogens is 1. The molecule has 4 nitrogen and oxygen atoms in total. The van der Waals surface area contributed by atoms with E-state index in [4.69, 9.17) is 4.99 Å². The molecule has 5 heteroatoms. The van der Waals surface area contributed by atoms with Crippen LogP contribution >= 0.6 is 11.3 Å². The Hall–Kier alpha value is -1.36. The predicted octanol–water partition coefficient (Wildman–Crippen LogP) is 3.42. The third-order valence-electron chi connectivity index (χ3n) is 3.46. The molecule has 0 fully saturated rings. The van der Waals surface area contributed by atoms with Crippen LogP contribution in [0.2, 0.25) is 0 Å². The minimum Gasteiger partial charge on any atom is -0.357 e. The largest absolute Gasteiger partial charge is 0.357 e. The van der Waals surface area contributed by atoms with Gasteiger partial charge in [0, 0.05) is 38.0 Å². The number of aliphatic imine (C=N–C) groups is 1. The van der Waals surface area contributed by atoms with Gasteiger partial charge in [0.2, 0.25) is 0 Å². The summed E-state index contributed by atoms with van der Waals surface area (Å²) in [4.78, 5) is 12.9. The molecular weight excluding hydrogens is 292 g/mol. The van der Waals surface area contributed by atoms with Crippen LogP contribution in [0, 0.1) is 6.92 Å². The number of unbranched alkanes of at least 4 members (excludes halogenated alkanes) is 1. The molecule has 0 unspecified atom stereocenters. The molecule has 0 bridgehead atoms. The molecule has 0 radical (unpaired) electrons. The number of hydrogen-bond donors (Lipinski definition) is 1. The monoisotopic (exact) mass is 322 g/mol. The van der Waals surface area contributed by atoms with Crippen LogP contribution in [0.4, 0.5) is 0 Å². The highest BCUT2D eigenvalue weighted by molar-refractivity contribution is 7.11. The van der Waals surface area contributed by atoms with Crippen molar-refractivity contribution >= 4 is 17.3 Å². The summed E-state index contributed by atoms with van der Waals surface area (Å²) in [6.45, 7) is 12.8. The lowest BCUT2D eigenvalue weighted by atomic mass is 10.3. The first kappa shape index (κ1) is 18.7. The molecule has 0 spiro atoms. The molecule has 124 valence electrons. The Morgan fingerprint density at radius 2 is 2.23 bits per heavy atom. The molecule has 0 atom stereocenters. The summed E-state index contributed by atoms with van der Waals surface area (Å²) in [5.41, 5.74) is 1.23. The van der Waals surface area contributed by atoms with Gasteiger partial charge in [-0.25, -0.2) is 4.98 Å². The Bertz CT molecular complexity index is 479. The van der Waals surface area contributed by atoms with E-state index in [0.29, 0.717) is 0 Å². The van der Waals surface area contributed by atoms with Gasteiger partial charge in [-0.15, -0.1) is 17.9 Å². The van der Waals surface area contributed by atoms with Gasteiger partial charge in [0.25, 0.3) is 0 Å². The van der Waals surface area contributed by atoms with Gasteiger partial charge < -0.3 is 10.2 Å². The molecule has 0 saturated carbocycles. The van der Waals surface area contributed by atoms with Crippen molar-refractivity contribution in [2.75, 3.05) is 26.7 Å². The van der Waals surface area contributed by atoms with Gasteiger partial charge in [0.1, 0.15) is 0 Å². The number of allylic oxidation sites excluding steroid dienone is 1. The Labute approximate surface area is 139 Å². The topological polar surface area (TPSA) is 40.5 Å². The molecule has 0 amide bonds. The van der Waals surface area contributed by atoms with E-state index >= 15 is 0 Å². The zero-order valence-corrected chi connectivity index (χ0v) is 15.3. The molecule has 1 rings (SSSR count). The van der Waals surface area contributed by atoms with Crippen molar-refractivity contribution in [2.45, 2.75) is 46.5 Å². The molecule has 1 aromatic heterocycles. The highest BCUT2D eigenvalue weighted by atomic mass is 32.1. The Balaban J connectivity index is 2.55. The molecule has 0 aromatic carbocycles. The highest BCUT2D eigenvalue weighted by Crippen LogP contribution is 2.18. The fraction of sp³-hybridized carbons (Fsp3) is 0.647. The van der Waals surface area contributed by atoms with Crippen LogP contribution in [-0.2, 0) is 12.8 Å². The van der Waals surface area contributed by atoms with E-state index in [-0.39, 0.29) is 0 Å². The van der Waals surface area contributed by atoms with Gasteiger partial charge in [-0.05, 0) is 33.1 Å². The highest BCUT2D eigenvalue weighted by Gasteiger charge is 2.07. The Morgan fingerprint density at radius 3 is 2.82 bits per heavy atom. The summed E-state index contributed by atoms with van der Waals surface area (Å²) in [7, 11) is 2.09. The third-order valence-corrected chi connectivity index (χ3v) is 4.53. The molecule has 1 heterocycles. The Morgan fingerprint density at radius 1 is 1.45 bits per heavy atom. The lowest BCUT2D eigenvalue weighted by Gasteiger charge is -2.21. The van der Waals surface area contributed by atoms with Crippen LogP contribution in [0.25, 0.3) is 0 Å². The van der Waals surface area contributed by atoms with Crippen molar-refractivity contribution in [3.63, 3.8) is 0 Å². The number of rotatable bonds is 9. The van der Waals surface area contributed by atoms with Crippen LogP contribution in [0.3, 0.4) is 0 Å². The van der Waals surface area contributed by atoms with Gasteiger partial charge in [0.05, 0.1) is 10.7 Å². The third kappa shape index (κ3) is 6.18. The SMILES string of the molecule is C=CCCCN(C)C(=NCCc1nc(CC)c(C)s1)NCC. The van der Waals surface area contributed by atoms with E-state index in [9.17, 15) is 0 Å². The second-order valence-corrected chi connectivity index (χ2v) is 6.59. The van der Waals surface area contributed by atoms with E-state index in [1.807, 2.05) is 6.08 Å². The molecule has 1 N–H and O–H groups in total. The second kappa shape index (κ2) is 10.4. The van der Waals surface area contributed by atoms with Gasteiger partial charge in [-0.1, -0.05) is 13.0 Å². The molecule has 1 aromatic rings. The maximum Gasteiger partial charge on any atom is 0.193 e. The van der Waals surface area contributed by atoms with Crippen LogP contribution in [-0.4, -0.2) is 42.5 Å². The maximum absolute atomic E-state index is 4.72. The molecule has 0 aliphatic carbocycles. The van der Waals surface area contributed by atoms with Crippen molar-refractivity contribution in [3.8, 4) is 0 Å². The lowest BCUT2D eigenvalue weighted by molar-refractivity contribution is 0.470. The summed E-state index contributed by atoms with van der Waals surface area (Å²) in [5.74, 6) is 0.982. The van der Waals surface area contributed by atoms with Crippen molar-refractivity contribution in [1.29, 1.82) is 0 Å². The van der Waals surface area contributed by atoms with Crippen LogP contribution in [0.1, 0.15) is 42.3 Å². The normalized spacial score (nSPS) is 11.5. The number of hydrogen-bond acceptors (Lipinski definition) is 3. The number of aryl methyl sites for hydroxylation is 2. The van der Waals surface area contributed by atoms with Gasteiger partial charge in [-0.2, -0.15) is 0 Å². The van der Waals surface area contributed by atoms with Crippen LogP contribution in [0.15, 0.2) is 17.6 Å². The van der Waals surface area contributed by atoms with Crippen LogP contribution < -0.4 is 5.32 Å². The standard InChI is InChI=1S/C17H30N4S/c1-6-9-10-13-21(5)17(18-8-3)19-12-11-16-20-15(7-2)14(4)22-16/h6H,1,7-13H2,2-5H3,(H,18,19). The lowest BCUT2D eigenvalue weighted by Crippen LogP contribution is -2.39. The molecule has 0 aliphatic heterocycles. The fourth-order valence-corrected chi connectivity index (χ4v) is 3.24. The summed E-state index contributed by atoms with van der Waals surface area (Å²) >= 11 is 1.80. The first-order chi connectivity index (χ1) is 10.6. The zero-order chi connectivity index (χ0) is 16.4. The minimum absolute atomic E-state index is 0.782. The van der Waals surface area contributed by atoms with E-state index < -0.39 is 0 Å². The van der Waals surface area contributed by atoms with Gasteiger partial charge >= 0.3 is 0 Å². The van der Waals surface area contributed by atoms with E-state index in [1.54, 1.807) is 11.3 Å². The molecule has 0 aliphatic rings. The predicted molar refractivity (Wildman–Crippen MR) is 98.0 cm³/mol. The Kier molecular flexibility index (Phi) is 8.82. The second-order valence-electron chi connectivity index (χ2n) is 5.30. The maximum atomic E-state index is 4.72. The number of nitrogens with zero attached hydrogens (tertiary/aromatic N) is 3. The number of nitrogens with one attached hydrogen (secondary N) is 1. The summed E-state index contributed by atoms with van der Waals surface area (Å²) in [6, 6.07) is 0. The first-order valence-corrected chi connectivity index (χ1v) is 8.99. The summed E-state index contributed by atoms with van der Waals surface area (Å²) < 4.78 is 0. The molecule has 0 saturated heterocycles. The summed E-state index contributed by atoms with van der Waals surface area (Å²) in [5, 5.41) is 4.55. The van der Waals surface area contributed by atoms with Crippen molar-refractivity contribution in [1.82, 2.24) is 15.2 Å². The minimum atomic E-state index is 0.782. The summed E-state index contributed by atoms with van der Waals surface area (Å²) in [6.07, 6.45) is 6.05. The average molecular weight is 323 g/mol. The van der Waals surface area contributed by atoms with Crippen molar-refractivity contribution in [2.24, 2.45) is 4.99 Å². The molecule has 22 heavy (non-hydrogen) atoms. The molecular formula is C17H30N4S. The number of thiazole rings is 1. The number of guanidine groups is 1. The van der Waals surface area contributed by atoms with E-state index in [0.717, 1.165) is 51.3 Å². The zero-order valence-electron chi connectivity index (χ0n) is 14.5. The quantitative estimate of drug-likeness (QED) is 0.328. The van der Waals surface area contributed by atoms with Gasteiger partial charge in [-0.3, -0.25) is 4.99 Å². The van der Waals surface area contributed by atoms with Crippen LogP contribution in [0.5, 0.6) is 0 Å². The first-order valence-electron chi connectivity index (χ1n) is 8.17. The fourth-order valence-electron chi connectivity index (χ4n) is 2.23. The van der Waals surface area contributed by atoms with Crippen molar-refractivity contribution in [3.05, 3.63) is 28.2 Å². The average Bonchev–Trinajstić information content (AvgIpc) is 2.86. The van der Waals surface area contributed by atoms with E-state index in [1.165, 1.54) is 15.6 Å².